The van der Waals surface area contributed by atoms with Crippen molar-refractivity contribution in [3.05, 3.63) is 72.3 Å². The minimum Gasteiger partial charge on any atom is -0.477 e. The summed E-state index contributed by atoms with van der Waals surface area (Å²) in [7, 11) is 1.56. The molecule has 0 unspecified atom stereocenters. The smallest absolute Gasteiger partial charge is 0.262 e. The lowest BCUT2D eigenvalue weighted by Gasteiger charge is -2.34. The standard InChI is InChI=1S/C21H18N2O3/c1-22-20(24)19-13-23(17-8-4-5-9-18(17)26-19)21(25)16-11-10-14-6-2-3-7-15(14)12-16/h2-12,19H,13H2,1H3,(H,22,24)/t19-/m1/s1. The molecular weight excluding hydrogens is 328 g/mol. The lowest BCUT2D eigenvalue weighted by atomic mass is 10.1. The van der Waals surface area contributed by atoms with Gasteiger partial charge in [0.05, 0.1) is 12.2 Å². The number of carbonyl (C=O) groups excluding carboxylic acids is 2. The molecule has 5 heteroatoms. The Morgan fingerprint density at radius 2 is 1.73 bits per heavy atom. The van der Waals surface area contributed by atoms with Crippen LogP contribution in [0.25, 0.3) is 10.8 Å². The highest BCUT2D eigenvalue weighted by Gasteiger charge is 2.33. The molecule has 4 rings (SSSR count). The van der Waals surface area contributed by atoms with Crippen molar-refractivity contribution in [2.24, 2.45) is 0 Å². The maximum absolute atomic E-state index is 13.2. The predicted molar refractivity (Wildman–Crippen MR) is 101 cm³/mol. The quantitative estimate of drug-likeness (QED) is 0.776. The summed E-state index contributed by atoms with van der Waals surface area (Å²) in [6.07, 6.45) is -0.737. The molecule has 0 saturated carbocycles. The van der Waals surface area contributed by atoms with Gasteiger partial charge in [-0.3, -0.25) is 9.59 Å². The van der Waals surface area contributed by atoms with E-state index in [1.54, 1.807) is 18.0 Å². The number of amides is 2. The number of nitrogens with zero attached hydrogens (tertiary/aromatic N) is 1. The molecule has 1 heterocycles. The lowest BCUT2D eigenvalue weighted by molar-refractivity contribution is -0.127. The van der Waals surface area contributed by atoms with Crippen LogP contribution in [0.3, 0.4) is 0 Å². The number of benzene rings is 3. The van der Waals surface area contributed by atoms with Gasteiger partial charge in [0.1, 0.15) is 5.75 Å². The van der Waals surface area contributed by atoms with Gasteiger partial charge in [-0.05, 0) is 35.0 Å². The molecule has 0 fully saturated rings. The first-order valence-electron chi connectivity index (χ1n) is 8.45. The van der Waals surface area contributed by atoms with Crippen molar-refractivity contribution in [3.63, 3.8) is 0 Å². The van der Waals surface area contributed by atoms with Gasteiger partial charge in [0.2, 0.25) is 0 Å². The topological polar surface area (TPSA) is 58.6 Å². The lowest BCUT2D eigenvalue weighted by Crippen LogP contribution is -2.50. The number of para-hydroxylation sites is 2. The highest BCUT2D eigenvalue weighted by atomic mass is 16.5. The highest BCUT2D eigenvalue weighted by Crippen LogP contribution is 2.34. The van der Waals surface area contributed by atoms with Crippen LogP contribution < -0.4 is 15.0 Å². The van der Waals surface area contributed by atoms with Crippen molar-refractivity contribution in [3.8, 4) is 5.75 Å². The summed E-state index contributed by atoms with van der Waals surface area (Å²) in [4.78, 5) is 26.9. The summed E-state index contributed by atoms with van der Waals surface area (Å²) < 4.78 is 5.77. The summed E-state index contributed by atoms with van der Waals surface area (Å²) in [5, 5.41) is 4.67. The third-order valence-electron chi connectivity index (χ3n) is 4.55. The summed E-state index contributed by atoms with van der Waals surface area (Å²) in [6.45, 7) is 0.169. The zero-order valence-electron chi connectivity index (χ0n) is 14.3. The number of anilines is 1. The molecule has 1 N–H and O–H groups in total. The average molecular weight is 346 g/mol. The van der Waals surface area contributed by atoms with Crippen LogP contribution in [-0.2, 0) is 4.79 Å². The van der Waals surface area contributed by atoms with Gasteiger partial charge < -0.3 is 15.0 Å². The maximum atomic E-state index is 13.2. The van der Waals surface area contributed by atoms with Crippen molar-refractivity contribution >= 4 is 28.3 Å². The zero-order chi connectivity index (χ0) is 18.1. The first-order chi connectivity index (χ1) is 12.7. The maximum Gasteiger partial charge on any atom is 0.262 e. The minimum absolute atomic E-state index is 0.152. The molecule has 3 aromatic rings. The molecule has 1 aliphatic heterocycles. The van der Waals surface area contributed by atoms with Crippen LogP contribution in [0.2, 0.25) is 0 Å². The van der Waals surface area contributed by atoms with Gasteiger partial charge in [-0.2, -0.15) is 0 Å². The molecule has 130 valence electrons. The van der Waals surface area contributed by atoms with Crippen LogP contribution in [0, 0.1) is 0 Å². The van der Waals surface area contributed by atoms with Crippen molar-refractivity contribution in [2.45, 2.75) is 6.10 Å². The molecular formula is C21H18N2O3. The summed E-state index contributed by atoms with van der Waals surface area (Å²) in [5.74, 6) is 0.123. The molecule has 0 radical (unpaired) electrons. The van der Waals surface area contributed by atoms with E-state index in [-0.39, 0.29) is 18.4 Å². The molecule has 0 aliphatic carbocycles. The van der Waals surface area contributed by atoms with Gasteiger partial charge in [0.15, 0.2) is 6.10 Å². The fraction of sp³-hybridized carbons (Fsp3) is 0.143. The van der Waals surface area contributed by atoms with Crippen molar-refractivity contribution in [1.29, 1.82) is 0 Å². The van der Waals surface area contributed by atoms with Crippen LogP contribution in [0.15, 0.2) is 66.7 Å². The predicted octanol–water partition coefficient (Wildman–Crippen LogP) is 2.99. The van der Waals surface area contributed by atoms with E-state index in [0.29, 0.717) is 17.0 Å². The van der Waals surface area contributed by atoms with E-state index in [4.69, 9.17) is 4.74 Å². The number of hydrogen-bond donors (Lipinski definition) is 1. The second kappa shape index (κ2) is 6.52. The van der Waals surface area contributed by atoms with Gasteiger partial charge >= 0.3 is 0 Å². The third kappa shape index (κ3) is 2.77. The highest BCUT2D eigenvalue weighted by molar-refractivity contribution is 6.09. The molecule has 0 aromatic heterocycles. The van der Waals surface area contributed by atoms with E-state index in [1.807, 2.05) is 60.7 Å². The monoisotopic (exact) mass is 346 g/mol. The van der Waals surface area contributed by atoms with E-state index in [1.165, 1.54) is 0 Å². The normalized spacial score (nSPS) is 15.9. The number of ether oxygens (including phenoxy) is 1. The Morgan fingerprint density at radius 3 is 2.54 bits per heavy atom. The Labute approximate surface area is 151 Å². The van der Waals surface area contributed by atoms with Crippen LogP contribution in [-0.4, -0.2) is 31.5 Å². The minimum atomic E-state index is -0.737. The SMILES string of the molecule is CNC(=O)[C@H]1CN(C(=O)c2ccc3ccccc3c2)c2ccccc2O1. The van der Waals surface area contributed by atoms with Gasteiger partial charge in [0.25, 0.3) is 11.8 Å². The van der Waals surface area contributed by atoms with E-state index >= 15 is 0 Å². The molecule has 0 bridgehead atoms. The van der Waals surface area contributed by atoms with Gasteiger partial charge in [-0.25, -0.2) is 0 Å². The van der Waals surface area contributed by atoms with Gasteiger partial charge in [0, 0.05) is 12.6 Å². The number of likely N-dealkylation sites (N-methyl/N-ethyl adjacent to an activating group) is 1. The molecule has 1 atom stereocenters. The Morgan fingerprint density at radius 1 is 1.00 bits per heavy atom. The fourth-order valence-corrected chi connectivity index (χ4v) is 3.20. The third-order valence-corrected chi connectivity index (χ3v) is 4.55. The van der Waals surface area contributed by atoms with Crippen molar-refractivity contribution < 1.29 is 14.3 Å². The molecule has 0 spiro atoms. The average Bonchev–Trinajstić information content (AvgIpc) is 2.71. The molecule has 5 nitrogen and oxygen atoms in total. The van der Waals surface area contributed by atoms with Crippen LogP contribution in [0.4, 0.5) is 5.69 Å². The fourth-order valence-electron chi connectivity index (χ4n) is 3.20. The second-order valence-electron chi connectivity index (χ2n) is 6.17. The van der Waals surface area contributed by atoms with Crippen molar-refractivity contribution in [1.82, 2.24) is 5.32 Å². The van der Waals surface area contributed by atoms with Gasteiger partial charge in [-0.15, -0.1) is 0 Å². The van der Waals surface area contributed by atoms with Crippen LogP contribution >= 0.6 is 0 Å². The molecule has 1 aliphatic rings. The molecule has 0 saturated heterocycles. The van der Waals surface area contributed by atoms with E-state index in [2.05, 4.69) is 5.32 Å². The van der Waals surface area contributed by atoms with Crippen LogP contribution in [0.1, 0.15) is 10.4 Å². The second-order valence-corrected chi connectivity index (χ2v) is 6.17. The summed E-state index contributed by atoms with van der Waals surface area (Å²) in [6, 6.07) is 20.8. The Balaban J connectivity index is 1.74. The molecule has 3 aromatic carbocycles. The zero-order valence-corrected chi connectivity index (χ0v) is 14.3. The number of nitrogens with one attached hydrogen (secondary N) is 1. The molecule has 2 amide bonds. The van der Waals surface area contributed by atoms with Crippen molar-refractivity contribution in [2.75, 3.05) is 18.5 Å². The van der Waals surface area contributed by atoms with Crippen LogP contribution in [0.5, 0.6) is 5.75 Å². The Hall–Kier alpha value is -3.34. The Kier molecular flexibility index (Phi) is 4.05. The largest absolute Gasteiger partial charge is 0.477 e. The van der Waals surface area contributed by atoms with Gasteiger partial charge in [-0.1, -0.05) is 42.5 Å². The first-order valence-corrected chi connectivity index (χ1v) is 8.45. The number of hydrogen-bond acceptors (Lipinski definition) is 3. The van der Waals surface area contributed by atoms with E-state index in [9.17, 15) is 9.59 Å². The number of fused-ring (bicyclic) bond motifs is 2. The number of carbonyl (C=O) groups is 2. The van der Waals surface area contributed by atoms with E-state index in [0.717, 1.165) is 10.8 Å². The first kappa shape index (κ1) is 16.1. The summed E-state index contributed by atoms with van der Waals surface area (Å²) in [5.41, 5.74) is 1.25. The van der Waals surface area contributed by atoms with E-state index < -0.39 is 6.10 Å². The number of rotatable bonds is 2. The Bertz CT molecular complexity index is 999. The molecule has 26 heavy (non-hydrogen) atoms. The summed E-state index contributed by atoms with van der Waals surface area (Å²) >= 11 is 0.